The van der Waals surface area contributed by atoms with E-state index in [1.54, 1.807) is 7.11 Å². The predicted octanol–water partition coefficient (Wildman–Crippen LogP) is 7.15. The van der Waals surface area contributed by atoms with Gasteiger partial charge in [-0.1, -0.05) is 75.4 Å². The topological polar surface area (TPSA) is 21.3 Å². The van der Waals surface area contributed by atoms with Crippen LogP contribution in [-0.2, 0) is 0 Å². The maximum atomic E-state index is 5.58. The highest BCUT2D eigenvalue weighted by Gasteiger charge is 2.27. The molecule has 1 heterocycles. The number of ether oxygens (including phenoxy) is 1. The number of para-hydroxylation sites is 2. The monoisotopic (exact) mass is 371 g/mol. The van der Waals surface area contributed by atoms with Crippen LogP contribution in [0.2, 0.25) is 0 Å². The van der Waals surface area contributed by atoms with Crippen molar-refractivity contribution < 1.29 is 4.74 Å². The largest absolute Gasteiger partial charge is 0.496 e. The Bertz CT molecular complexity index is 961. The van der Waals surface area contributed by atoms with Gasteiger partial charge in [0.2, 0.25) is 0 Å². The Balaban J connectivity index is 1.72. The van der Waals surface area contributed by atoms with Crippen LogP contribution < -0.4 is 10.1 Å². The molecule has 0 aliphatic carbocycles. The highest BCUT2D eigenvalue weighted by atomic mass is 16.5. The normalized spacial score (nSPS) is 18.5. The van der Waals surface area contributed by atoms with Crippen molar-refractivity contribution in [3.63, 3.8) is 0 Å². The molecular formula is C26H29NO. The van der Waals surface area contributed by atoms with Gasteiger partial charge in [0.1, 0.15) is 5.75 Å². The van der Waals surface area contributed by atoms with Crippen molar-refractivity contribution in [2.24, 2.45) is 0 Å². The second-order valence-electron chi connectivity index (χ2n) is 8.13. The van der Waals surface area contributed by atoms with Crippen LogP contribution in [0.15, 0.2) is 66.7 Å². The fraction of sp³-hybridized carbons (Fsp3) is 0.308. The van der Waals surface area contributed by atoms with Gasteiger partial charge in [-0.25, -0.2) is 0 Å². The zero-order valence-corrected chi connectivity index (χ0v) is 17.2. The van der Waals surface area contributed by atoms with Crippen molar-refractivity contribution >= 4 is 5.69 Å². The summed E-state index contributed by atoms with van der Waals surface area (Å²) in [5.74, 6) is 1.96. The first kappa shape index (κ1) is 18.6. The van der Waals surface area contributed by atoms with Crippen LogP contribution >= 0.6 is 0 Å². The van der Waals surface area contributed by atoms with Crippen molar-refractivity contribution in [3.8, 4) is 16.9 Å². The van der Waals surface area contributed by atoms with E-state index in [1.165, 1.54) is 27.9 Å². The molecule has 2 nitrogen and oxygen atoms in total. The minimum absolute atomic E-state index is 0.317. The summed E-state index contributed by atoms with van der Waals surface area (Å²) in [5.41, 5.74) is 7.87. The number of anilines is 1. The quantitative estimate of drug-likeness (QED) is 0.526. The van der Waals surface area contributed by atoms with Crippen molar-refractivity contribution in [3.05, 3.63) is 83.4 Å². The van der Waals surface area contributed by atoms with Gasteiger partial charge < -0.3 is 10.1 Å². The summed E-state index contributed by atoms with van der Waals surface area (Å²) in [4.78, 5) is 0. The van der Waals surface area contributed by atoms with Gasteiger partial charge in [0, 0.05) is 11.3 Å². The third kappa shape index (κ3) is 3.40. The Morgan fingerprint density at radius 2 is 1.75 bits per heavy atom. The summed E-state index contributed by atoms with van der Waals surface area (Å²) in [6.07, 6.45) is 1.10. The number of hydrogen-bond donors (Lipinski definition) is 1. The highest BCUT2D eigenvalue weighted by Crippen LogP contribution is 2.44. The number of hydrogen-bond acceptors (Lipinski definition) is 2. The van der Waals surface area contributed by atoms with Crippen LogP contribution in [0.1, 0.15) is 61.8 Å². The molecule has 0 spiro atoms. The van der Waals surface area contributed by atoms with Crippen LogP contribution in [-0.4, -0.2) is 7.11 Å². The molecule has 0 aromatic heterocycles. The smallest absolute Gasteiger partial charge is 0.126 e. The maximum Gasteiger partial charge on any atom is 0.126 e. The van der Waals surface area contributed by atoms with E-state index >= 15 is 0 Å². The van der Waals surface area contributed by atoms with Crippen LogP contribution in [0, 0.1) is 0 Å². The molecule has 2 atom stereocenters. The molecule has 0 amide bonds. The molecule has 1 aliphatic rings. The highest BCUT2D eigenvalue weighted by molar-refractivity contribution is 5.71. The van der Waals surface area contributed by atoms with Crippen molar-refractivity contribution in [1.29, 1.82) is 0 Å². The summed E-state index contributed by atoms with van der Waals surface area (Å²) < 4.78 is 5.58. The Labute approximate surface area is 168 Å². The fourth-order valence-electron chi connectivity index (χ4n) is 4.39. The van der Waals surface area contributed by atoms with E-state index in [-0.39, 0.29) is 0 Å². The first-order chi connectivity index (χ1) is 13.6. The molecule has 4 rings (SSSR count). The van der Waals surface area contributed by atoms with Crippen LogP contribution in [0.5, 0.6) is 5.75 Å². The molecule has 2 heteroatoms. The molecule has 1 N–H and O–H groups in total. The molecule has 0 saturated carbocycles. The SMILES string of the molecule is COc1ccccc1-c1cccc(C2CC(C)c3cccc(C(C)C)c3N2)c1. The predicted molar refractivity (Wildman–Crippen MR) is 118 cm³/mol. The third-order valence-corrected chi connectivity index (χ3v) is 5.90. The average Bonchev–Trinajstić information content (AvgIpc) is 2.73. The van der Waals surface area contributed by atoms with Gasteiger partial charge in [0.15, 0.2) is 0 Å². The summed E-state index contributed by atoms with van der Waals surface area (Å²) in [7, 11) is 1.73. The van der Waals surface area contributed by atoms with Crippen LogP contribution in [0.25, 0.3) is 11.1 Å². The number of fused-ring (bicyclic) bond motifs is 1. The summed E-state index contributed by atoms with van der Waals surface area (Å²) in [6.45, 7) is 6.89. The van der Waals surface area contributed by atoms with E-state index in [4.69, 9.17) is 4.74 Å². The van der Waals surface area contributed by atoms with Gasteiger partial charge in [-0.3, -0.25) is 0 Å². The molecule has 0 bridgehead atoms. The lowest BCUT2D eigenvalue weighted by molar-refractivity contribution is 0.416. The maximum absolute atomic E-state index is 5.58. The second-order valence-corrected chi connectivity index (χ2v) is 8.13. The zero-order chi connectivity index (χ0) is 19.7. The van der Waals surface area contributed by atoms with Gasteiger partial charge in [0.05, 0.1) is 13.2 Å². The van der Waals surface area contributed by atoms with Gasteiger partial charge in [-0.15, -0.1) is 0 Å². The minimum atomic E-state index is 0.317. The Hall–Kier alpha value is -2.74. The van der Waals surface area contributed by atoms with Crippen LogP contribution in [0.3, 0.4) is 0 Å². The molecule has 1 aliphatic heterocycles. The van der Waals surface area contributed by atoms with Gasteiger partial charge in [-0.05, 0) is 52.6 Å². The van der Waals surface area contributed by atoms with E-state index in [1.807, 2.05) is 12.1 Å². The molecule has 28 heavy (non-hydrogen) atoms. The lowest BCUT2D eigenvalue weighted by atomic mass is 9.82. The molecule has 3 aromatic carbocycles. The van der Waals surface area contributed by atoms with Crippen molar-refractivity contribution in [1.82, 2.24) is 0 Å². The molecule has 0 saturated heterocycles. The second kappa shape index (κ2) is 7.71. The Kier molecular flexibility index (Phi) is 5.13. The van der Waals surface area contributed by atoms with E-state index in [9.17, 15) is 0 Å². The number of rotatable bonds is 4. The van der Waals surface area contributed by atoms with Crippen LogP contribution in [0.4, 0.5) is 5.69 Å². The molecule has 2 unspecified atom stereocenters. The summed E-state index contributed by atoms with van der Waals surface area (Å²) >= 11 is 0. The van der Waals surface area contributed by atoms with Gasteiger partial charge in [-0.2, -0.15) is 0 Å². The first-order valence-corrected chi connectivity index (χ1v) is 10.2. The standard InChI is InChI=1S/C26H29NO/c1-17(2)21-12-8-13-22-18(3)15-24(27-26(21)22)20-10-7-9-19(16-20)23-11-5-6-14-25(23)28-4/h5-14,16-18,24,27H,15H2,1-4H3. The van der Waals surface area contributed by atoms with Gasteiger partial charge in [0.25, 0.3) is 0 Å². The molecule has 3 aromatic rings. The van der Waals surface area contributed by atoms with E-state index in [0.717, 1.165) is 17.7 Å². The fourth-order valence-corrected chi connectivity index (χ4v) is 4.39. The first-order valence-electron chi connectivity index (χ1n) is 10.2. The number of benzene rings is 3. The van der Waals surface area contributed by atoms with E-state index in [0.29, 0.717) is 17.9 Å². The molecule has 0 fully saturated rings. The molecular weight excluding hydrogens is 342 g/mol. The van der Waals surface area contributed by atoms with Crippen molar-refractivity contribution in [2.45, 2.75) is 45.1 Å². The minimum Gasteiger partial charge on any atom is -0.496 e. The Morgan fingerprint density at radius 3 is 2.54 bits per heavy atom. The number of nitrogens with one attached hydrogen (secondary N) is 1. The summed E-state index contributed by atoms with van der Waals surface area (Å²) in [5, 5.41) is 3.87. The number of methoxy groups -OCH3 is 1. The lowest BCUT2D eigenvalue weighted by Crippen LogP contribution is -2.22. The Morgan fingerprint density at radius 1 is 0.964 bits per heavy atom. The van der Waals surface area contributed by atoms with E-state index in [2.05, 4.69) is 80.7 Å². The van der Waals surface area contributed by atoms with Crippen molar-refractivity contribution in [2.75, 3.05) is 12.4 Å². The molecule has 0 radical (unpaired) electrons. The molecule has 144 valence electrons. The van der Waals surface area contributed by atoms with E-state index < -0.39 is 0 Å². The van der Waals surface area contributed by atoms with Gasteiger partial charge >= 0.3 is 0 Å². The summed E-state index contributed by atoms with van der Waals surface area (Å²) in [6, 6.07) is 24.2. The average molecular weight is 372 g/mol. The lowest BCUT2D eigenvalue weighted by Gasteiger charge is -2.34. The zero-order valence-electron chi connectivity index (χ0n) is 17.2. The third-order valence-electron chi connectivity index (χ3n) is 5.90.